The smallest absolute Gasteiger partial charge is 0.255 e. The van der Waals surface area contributed by atoms with Crippen molar-refractivity contribution in [3.05, 3.63) is 48.0 Å². The third-order valence-electron chi connectivity index (χ3n) is 3.76. The minimum atomic E-state index is -3.77. The molecule has 2 amide bonds. The molecule has 0 aliphatic carbocycles. The number of ether oxygens (including phenoxy) is 2. The SMILES string of the molecule is CCOc1ccc(NC(=O)c2ccc(OCC(N)=O)cc2)cc1S(=O)(=O)N(C)C. The molecule has 2 aromatic rings. The molecule has 0 spiro atoms. The number of sulfonamides is 1. The van der Waals surface area contributed by atoms with E-state index >= 15 is 0 Å². The summed E-state index contributed by atoms with van der Waals surface area (Å²) in [4.78, 5) is 23.2. The fraction of sp³-hybridized carbons (Fsp3) is 0.263. The van der Waals surface area contributed by atoms with Gasteiger partial charge in [-0.15, -0.1) is 0 Å². The van der Waals surface area contributed by atoms with E-state index in [-0.39, 0.29) is 17.3 Å². The maximum atomic E-state index is 12.6. The fourth-order valence-electron chi connectivity index (χ4n) is 2.32. The summed E-state index contributed by atoms with van der Waals surface area (Å²) in [5, 5.41) is 2.66. The van der Waals surface area contributed by atoms with Crippen LogP contribution in [0.3, 0.4) is 0 Å². The summed E-state index contributed by atoms with van der Waals surface area (Å²) in [6, 6.07) is 10.5. The summed E-state index contributed by atoms with van der Waals surface area (Å²) in [7, 11) is -0.939. The van der Waals surface area contributed by atoms with Gasteiger partial charge in [0.2, 0.25) is 10.0 Å². The van der Waals surface area contributed by atoms with Gasteiger partial charge >= 0.3 is 0 Å². The van der Waals surface area contributed by atoms with Crippen LogP contribution in [0, 0.1) is 0 Å². The Kier molecular flexibility index (Phi) is 7.18. The van der Waals surface area contributed by atoms with E-state index in [0.717, 1.165) is 4.31 Å². The van der Waals surface area contributed by atoms with Crippen LogP contribution in [0.1, 0.15) is 17.3 Å². The molecule has 156 valence electrons. The molecule has 0 saturated heterocycles. The van der Waals surface area contributed by atoms with E-state index in [1.165, 1.54) is 50.5 Å². The van der Waals surface area contributed by atoms with Crippen LogP contribution >= 0.6 is 0 Å². The molecule has 29 heavy (non-hydrogen) atoms. The number of carbonyl (C=O) groups is 2. The van der Waals surface area contributed by atoms with Crippen molar-refractivity contribution in [3.63, 3.8) is 0 Å². The summed E-state index contributed by atoms with van der Waals surface area (Å²) >= 11 is 0. The van der Waals surface area contributed by atoms with Gasteiger partial charge in [-0.2, -0.15) is 0 Å². The summed E-state index contributed by atoms with van der Waals surface area (Å²) in [5.74, 6) is -0.453. The minimum absolute atomic E-state index is 0.0441. The number of carbonyl (C=O) groups excluding carboxylic acids is 2. The second-order valence-corrected chi connectivity index (χ2v) is 8.24. The molecule has 0 aromatic heterocycles. The Morgan fingerprint density at radius 3 is 2.28 bits per heavy atom. The maximum Gasteiger partial charge on any atom is 0.255 e. The summed E-state index contributed by atoms with van der Waals surface area (Å²) < 4.78 is 36.8. The van der Waals surface area contributed by atoms with E-state index in [4.69, 9.17) is 15.2 Å². The summed E-state index contributed by atoms with van der Waals surface area (Å²) in [5.41, 5.74) is 5.63. The highest BCUT2D eigenvalue weighted by molar-refractivity contribution is 7.89. The van der Waals surface area contributed by atoms with E-state index in [1.807, 2.05) is 0 Å². The third-order valence-corrected chi connectivity index (χ3v) is 5.59. The predicted molar refractivity (Wildman–Crippen MR) is 108 cm³/mol. The molecule has 2 aromatic carbocycles. The second-order valence-electron chi connectivity index (χ2n) is 6.12. The van der Waals surface area contributed by atoms with Gasteiger partial charge in [0.05, 0.1) is 6.61 Å². The first-order chi connectivity index (χ1) is 13.6. The van der Waals surface area contributed by atoms with Crippen LogP contribution in [0.2, 0.25) is 0 Å². The van der Waals surface area contributed by atoms with E-state index in [9.17, 15) is 18.0 Å². The third kappa shape index (κ3) is 5.69. The van der Waals surface area contributed by atoms with Crippen molar-refractivity contribution in [2.45, 2.75) is 11.8 Å². The molecule has 0 aliphatic heterocycles. The number of benzene rings is 2. The average Bonchev–Trinajstić information content (AvgIpc) is 2.67. The zero-order valence-electron chi connectivity index (χ0n) is 16.3. The van der Waals surface area contributed by atoms with Crippen molar-refractivity contribution in [1.29, 1.82) is 0 Å². The van der Waals surface area contributed by atoms with E-state index in [2.05, 4.69) is 5.32 Å². The molecule has 0 radical (unpaired) electrons. The van der Waals surface area contributed by atoms with Crippen molar-refractivity contribution >= 4 is 27.5 Å². The number of hydrogen-bond donors (Lipinski definition) is 2. The van der Waals surface area contributed by atoms with Crippen LogP contribution in [0.25, 0.3) is 0 Å². The van der Waals surface area contributed by atoms with Gasteiger partial charge in [0.25, 0.3) is 11.8 Å². The van der Waals surface area contributed by atoms with Crippen LogP contribution < -0.4 is 20.5 Å². The standard InChI is InChI=1S/C19H23N3O6S/c1-4-27-16-10-7-14(11-17(16)29(25,26)22(2)3)21-19(24)13-5-8-15(9-6-13)28-12-18(20)23/h5-11H,4,12H2,1-3H3,(H2,20,23)(H,21,24). The highest BCUT2D eigenvalue weighted by Gasteiger charge is 2.23. The maximum absolute atomic E-state index is 12.6. The van der Waals surface area contributed by atoms with E-state index < -0.39 is 21.8 Å². The number of nitrogens with one attached hydrogen (secondary N) is 1. The number of rotatable bonds is 9. The molecule has 0 bridgehead atoms. The first-order valence-electron chi connectivity index (χ1n) is 8.67. The normalized spacial score (nSPS) is 11.2. The molecule has 3 N–H and O–H groups in total. The Morgan fingerprint density at radius 2 is 1.72 bits per heavy atom. The molecule has 0 fully saturated rings. The van der Waals surface area contributed by atoms with E-state index in [1.54, 1.807) is 13.0 Å². The van der Waals surface area contributed by atoms with Gasteiger partial charge in [-0.05, 0) is 49.4 Å². The molecule has 0 atom stereocenters. The first-order valence-corrected chi connectivity index (χ1v) is 10.1. The Hall–Kier alpha value is -3.11. The number of amides is 2. The number of nitrogens with zero attached hydrogens (tertiary/aromatic N) is 1. The van der Waals surface area contributed by atoms with Crippen LogP contribution in [0.5, 0.6) is 11.5 Å². The Bertz CT molecular complexity index is 988. The quantitative estimate of drug-likeness (QED) is 0.631. The Balaban J connectivity index is 2.23. The van der Waals surface area contributed by atoms with Crippen LogP contribution in [0.15, 0.2) is 47.4 Å². The zero-order chi connectivity index (χ0) is 21.6. The Morgan fingerprint density at radius 1 is 1.07 bits per heavy atom. The predicted octanol–water partition coefficient (Wildman–Crippen LogP) is 1.45. The highest BCUT2D eigenvalue weighted by atomic mass is 32.2. The van der Waals surface area contributed by atoms with Gasteiger partial charge in [-0.3, -0.25) is 9.59 Å². The summed E-state index contributed by atoms with van der Waals surface area (Å²) in [6.07, 6.45) is 0. The zero-order valence-corrected chi connectivity index (χ0v) is 17.2. The van der Waals surface area contributed by atoms with Crippen molar-refractivity contribution < 1.29 is 27.5 Å². The lowest BCUT2D eigenvalue weighted by molar-refractivity contribution is -0.119. The molecule has 0 saturated carbocycles. The molecular weight excluding hydrogens is 398 g/mol. The molecule has 0 unspecified atom stereocenters. The molecule has 10 heteroatoms. The van der Waals surface area contributed by atoms with Gasteiger partial charge in [-0.1, -0.05) is 0 Å². The lowest BCUT2D eigenvalue weighted by atomic mass is 10.2. The van der Waals surface area contributed by atoms with Crippen molar-refractivity contribution in [2.24, 2.45) is 5.73 Å². The van der Waals surface area contributed by atoms with Crippen molar-refractivity contribution in [1.82, 2.24) is 4.31 Å². The van der Waals surface area contributed by atoms with Gasteiger partial charge in [0, 0.05) is 25.3 Å². The van der Waals surface area contributed by atoms with Gasteiger partial charge in [0.15, 0.2) is 6.61 Å². The summed E-state index contributed by atoms with van der Waals surface area (Å²) in [6.45, 7) is 1.78. The molecule has 0 heterocycles. The van der Waals surface area contributed by atoms with E-state index in [0.29, 0.717) is 23.6 Å². The highest BCUT2D eigenvalue weighted by Crippen LogP contribution is 2.29. The van der Waals surface area contributed by atoms with Gasteiger partial charge in [0.1, 0.15) is 16.4 Å². The number of nitrogens with two attached hydrogens (primary N) is 1. The van der Waals surface area contributed by atoms with Crippen molar-refractivity contribution in [3.8, 4) is 11.5 Å². The molecule has 9 nitrogen and oxygen atoms in total. The molecule has 0 aliphatic rings. The largest absolute Gasteiger partial charge is 0.492 e. The number of hydrogen-bond acceptors (Lipinski definition) is 6. The Labute approximate surface area is 169 Å². The van der Waals surface area contributed by atoms with Crippen LogP contribution in [-0.2, 0) is 14.8 Å². The minimum Gasteiger partial charge on any atom is -0.492 e. The lowest BCUT2D eigenvalue weighted by Crippen LogP contribution is -2.23. The monoisotopic (exact) mass is 421 g/mol. The van der Waals surface area contributed by atoms with Crippen molar-refractivity contribution in [2.75, 3.05) is 32.6 Å². The lowest BCUT2D eigenvalue weighted by Gasteiger charge is -2.16. The topological polar surface area (TPSA) is 128 Å². The van der Waals surface area contributed by atoms with Gasteiger partial charge < -0.3 is 20.5 Å². The van der Waals surface area contributed by atoms with Crippen LogP contribution in [-0.4, -0.2) is 51.8 Å². The fourth-order valence-corrected chi connectivity index (χ4v) is 3.37. The van der Waals surface area contributed by atoms with Gasteiger partial charge in [-0.25, -0.2) is 12.7 Å². The second kappa shape index (κ2) is 9.39. The average molecular weight is 421 g/mol. The number of primary amides is 1. The molecular formula is C19H23N3O6S. The van der Waals surface area contributed by atoms with Crippen LogP contribution in [0.4, 0.5) is 5.69 Å². The first kappa shape index (κ1) is 22.2. The number of anilines is 1. The molecule has 2 rings (SSSR count).